The number of nitrogens with one attached hydrogen (secondary N) is 3. The van der Waals surface area contributed by atoms with E-state index in [1.54, 1.807) is 56.4 Å². The summed E-state index contributed by atoms with van der Waals surface area (Å²) in [4.78, 5) is 80.5. The molecule has 4 aliphatic rings. The fourth-order valence-electron chi connectivity index (χ4n) is 7.87. The Morgan fingerprint density at radius 3 is 2.45 bits per heavy atom. The van der Waals surface area contributed by atoms with Gasteiger partial charge in [-0.2, -0.15) is 0 Å². The SMILES string of the molecule is CC(=O)Nc1ccc2c3c1c(=O)c(C(=O)NC(C(=O)NC1C(=O)N4C1SC(C)(C)C4C(=O)O)c1ccccc1)cn3C1CCCCC21. The fraction of sp³-hybridized carbons (Fsp3) is 0.412. The molecular formula is C34H35N5O7S. The monoisotopic (exact) mass is 657 g/mol. The molecule has 2 aromatic carbocycles. The molecule has 4 heterocycles. The highest BCUT2D eigenvalue weighted by Crippen LogP contribution is 2.51. The molecule has 3 aliphatic heterocycles. The molecule has 3 aromatic rings. The number of carbonyl (C=O) groups is 5. The quantitative estimate of drug-likeness (QED) is 0.281. The standard InChI is InChI=1S/C34H35N5O7S/c1-16(40)35-21-14-13-19-18-11-7-8-12-22(18)38-15-20(27(41)23(21)26(19)38)29(42)36-24(17-9-5-4-6-10-17)30(43)37-25-31(44)39-28(33(45)46)34(2,3)47-32(25)39/h4-6,9-10,13-15,18,22,24-25,28,32H,7-8,11-12H2,1-3H3,(H,35,40)(H,36,42)(H,37,43)(H,45,46). The number of fused-ring (bicyclic) bond motifs is 4. The molecule has 1 aliphatic carbocycles. The Morgan fingerprint density at radius 1 is 1.02 bits per heavy atom. The van der Waals surface area contributed by atoms with Crippen molar-refractivity contribution in [1.29, 1.82) is 0 Å². The van der Waals surface area contributed by atoms with Crippen LogP contribution in [0.4, 0.5) is 5.69 Å². The summed E-state index contributed by atoms with van der Waals surface area (Å²) in [7, 11) is 0. The summed E-state index contributed by atoms with van der Waals surface area (Å²) in [5.41, 5.74) is 1.79. The fourth-order valence-corrected chi connectivity index (χ4v) is 9.50. The van der Waals surface area contributed by atoms with Crippen molar-refractivity contribution in [3.63, 3.8) is 0 Å². The Morgan fingerprint density at radius 2 is 1.74 bits per heavy atom. The molecule has 2 saturated heterocycles. The normalized spacial score (nSPS) is 25.7. The maximum Gasteiger partial charge on any atom is 0.327 e. The van der Waals surface area contributed by atoms with E-state index in [0.717, 1.165) is 36.8 Å². The maximum atomic E-state index is 14.1. The Kier molecular flexibility index (Phi) is 7.42. The van der Waals surface area contributed by atoms with Gasteiger partial charge in [-0.05, 0) is 43.9 Å². The lowest BCUT2D eigenvalue weighted by Crippen LogP contribution is -2.71. The highest BCUT2D eigenvalue weighted by Gasteiger charge is 2.64. The largest absolute Gasteiger partial charge is 0.480 e. The van der Waals surface area contributed by atoms with E-state index >= 15 is 0 Å². The lowest BCUT2D eigenvalue weighted by Gasteiger charge is -2.44. The van der Waals surface area contributed by atoms with Crippen LogP contribution in [0, 0.1) is 0 Å². The van der Waals surface area contributed by atoms with Crippen molar-refractivity contribution in [3.8, 4) is 0 Å². The maximum absolute atomic E-state index is 14.1. The van der Waals surface area contributed by atoms with Crippen LogP contribution in [0.2, 0.25) is 0 Å². The second-order valence-corrected chi connectivity index (χ2v) is 15.0. The number of pyridine rings is 1. The van der Waals surface area contributed by atoms with Crippen molar-refractivity contribution in [2.45, 2.75) is 86.7 Å². The Bertz CT molecular complexity index is 1930. The summed E-state index contributed by atoms with van der Waals surface area (Å²) >= 11 is 1.30. The molecule has 244 valence electrons. The number of carbonyl (C=O) groups excluding carboxylic acids is 4. The van der Waals surface area contributed by atoms with Crippen LogP contribution in [0.25, 0.3) is 10.9 Å². The molecule has 4 N–H and O–H groups in total. The number of carboxylic acids is 1. The number of hydrogen-bond acceptors (Lipinski definition) is 7. The van der Waals surface area contributed by atoms with Gasteiger partial charge in [-0.25, -0.2) is 4.79 Å². The minimum atomic E-state index is -1.27. The molecule has 47 heavy (non-hydrogen) atoms. The summed E-state index contributed by atoms with van der Waals surface area (Å²) in [5, 5.41) is 17.7. The highest BCUT2D eigenvalue weighted by molar-refractivity contribution is 8.01. The van der Waals surface area contributed by atoms with Crippen LogP contribution >= 0.6 is 11.8 Å². The number of aliphatic carboxylic acids is 1. The van der Waals surface area contributed by atoms with Crippen LogP contribution in [0.15, 0.2) is 53.5 Å². The molecule has 0 spiro atoms. The van der Waals surface area contributed by atoms with E-state index in [-0.39, 0.29) is 28.8 Å². The van der Waals surface area contributed by atoms with Crippen molar-refractivity contribution >= 4 is 58.0 Å². The summed E-state index contributed by atoms with van der Waals surface area (Å²) in [6.07, 6.45) is 5.49. The first kappa shape index (κ1) is 31.0. The molecule has 1 aromatic heterocycles. The molecule has 12 nitrogen and oxygen atoms in total. The third-order valence-electron chi connectivity index (χ3n) is 9.89. The number of carboxylic acid groups (broad SMARTS) is 1. The average molecular weight is 658 g/mol. The summed E-state index contributed by atoms with van der Waals surface area (Å²) in [6, 6.07) is 8.96. The minimum Gasteiger partial charge on any atom is -0.480 e. The molecule has 7 rings (SSSR count). The average Bonchev–Trinajstić information content (AvgIpc) is 3.49. The van der Waals surface area contributed by atoms with Gasteiger partial charge >= 0.3 is 5.97 Å². The number of nitrogens with zero attached hydrogens (tertiary/aromatic N) is 2. The number of aromatic nitrogens is 1. The second kappa shape index (κ2) is 11.3. The molecular weight excluding hydrogens is 622 g/mol. The van der Waals surface area contributed by atoms with E-state index in [4.69, 9.17) is 0 Å². The summed E-state index contributed by atoms with van der Waals surface area (Å²) < 4.78 is 1.22. The molecule has 4 amide bonds. The van der Waals surface area contributed by atoms with Crippen LogP contribution < -0.4 is 21.4 Å². The molecule has 0 radical (unpaired) electrons. The Balaban J connectivity index is 1.23. The second-order valence-electron chi connectivity index (χ2n) is 13.2. The van der Waals surface area contributed by atoms with Crippen LogP contribution in [-0.4, -0.2) is 66.4 Å². The zero-order chi connectivity index (χ0) is 33.4. The first-order valence-corrected chi connectivity index (χ1v) is 16.7. The van der Waals surface area contributed by atoms with Crippen molar-refractivity contribution in [2.75, 3.05) is 5.32 Å². The first-order valence-electron chi connectivity index (χ1n) is 15.8. The van der Waals surface area contributed by atoms with E-state index in [9.17, 15) is 33.9 Å². The number of rotatable bonds is 7. The highest BCUT2D eigenvalue weighted by atomic mass is 32.2. The number of benzene rings is 2. The van der Waals surface area contributed by atoms with Crippen LogP contribution in [0.5, 0.6) is 0 Å². The predicted octanol–water partition coefficient (Wildman–Crippen LogP) is 3.28. The van der Waals surface area contributed by atoms with Gasteiger partial charge in [-0.1, -0.05) is 49.2 Å². The van der Waals surface area contributed by atoms with Gasteiger partial charge in [0.05, 0.1) is 16.6 Å². The zero-order valence-corrected chi connectivity index (χ0v) is 26.9. The lowest BCUT2D eigenvalue weighted by atomic mass is 9.82. The van der Waals surface area contributed by atoms with Gasteiger partial charge in [0.15, 0.2) is 0 Å². The van der Waals surface area contributed by atoms with E-state index in [0.29, 0.717) is 11.3 Å². The van der Waals surface area contributed by atoms with Gasteiger partial charge in [0.25, 0.3) is 5.91 Å². The van der Waals surface area contributed by atoms with Crippen LogP contribution in [0.1, 0.15) is 85.9 Å². The van der Waals surface area contributed by atoms with Crippen molar-refractivity contribution in [1.82, 2.24) is 20.1 Å². The van der Waals surface area contributed by atoms with Crippen LogP contribution in [0.3, 0.4) is 0 Å². The summed E-state index contributed by atoms with van der Waals surface area (Å²) in [6.45, 7) is 4.85. The van der Waals surface area contributed by atoms with Gasteiger partial charge in [-0.15, -0.1) is 11.8 Å². The molecule has 13 heteroatoms. The number of β-lactam (4-membered cyclic amide) rings is 1. The number of anilines is 1. The molecule has 1 saturated carbocycles. The van der Waals surface area contributed by atoms with Gasteiger partial charge in [0.2, 0.25) is 23.2 Å². The van der Waals surface area contributed by atoms with E-state index in [2.05, 4.69) is 16.0 Å². The first-order chi connectivity index (χ1) is 22.4. The topological polar surface area (TPSA) is 167 Å². The van der Waals surface area contributed by atoms with Crippen molar-refractivity contribution < 1.29 is 29.1 Å². The van der Waals surface area contributed by atoms with Gasteiger partial charge in [0, 0.05) is 29.8 Å². The number of amides is 4. The smallest absolute Gasteiger partial charge is 0.327 e. The molecule has 3 fully saturated rings. The van der Waals surface area contributed by atoms with Crippen molar-refractivity contribution in [3.05, 3.63) is 75.6 Å². The molecule has 6 unspecified atom stereocenters. The van der Waals surface area contributed by atoms with E-state index in [1.165, 1.54) is 23.6 Å². The molecule has 0 bridgehead atoms. The lowest BCUT2D eigenvalue weighted by molar-refractivity contribution is -0.161. The third-order valence-corrected chi connectivity index (χ3v) is 11.5. The Labute approximate surface area is 274 Å². The third kappa shape index (κ3) is 4.90. The number of hydrogen-bond donors (Lipinski definition) is 4. The molecule has 6 atom stereocenters. The zero-order valence-electron chi connectivity index (χ0n) is 26.1. The van der Waals surface area contributed by atoms with E-state index in [1.807, 2.05) is 10.6 Å². The van der Waals surface area contributed by atoms with Crippen LogP contribution in [-0.2, 0) is 19.2 Å². The van der Waals surface area contributed by atoms with Gasteiger partial charge in [0.1, 0.15) is 29.1 Å². The number of thioether (sulfide) groups is 1. The predicted molar refractivity (Wildman–Crippen MR) is 175 cm³/mol. The van der Waals surface area contributed by atoms with E-state index < -0.39 is 57.4 Å². The van der Waals surface area contributed by atoms with Gasteiger partial charge in [-0.3, -0.25) is 24.0 Å². The summed E-state index contributed by atoms with van der Waals surface area (Å²) in [5.74, 6) is -3.22. The Hall–Kier alpha value is -4.65. The van der Waals surface area contributed by atoms with Gasteiger partial charge < -0.3 is 30.5 Å². The minimum absolute atomic E-state index is 0.0598. The van der Waals surface area contributed by atoms with Crippen molar-refractivity contribution in [2.24, 2.45) is 0 Å².